The van der Waals surface area contributed by atoms with Gasteiger partial charge >= 0.3 is 0 Å². The van der Waals surface area contributed by atoms with Crippen LogP contribution in [0.2, 0.25) is 0 Å². The van der Waals surface area contributed by atoms with E-state index >= 15 is 0 Å². The third kappa shape index (κ3) is 5.33. The van der Waals surface area contributed by atoms with Crippen molar-refractivity contribution >= 4 is 17.8 Å². The number of piperazine rings is 1. The molecule has 10 nitrogen and oxygen atoms in total. The number of fused-ring (bicyclic) bond motifs is 1. The number of hydrogen-bond donors (Lipinski definition) is 1. The van der Waals surface area contributed by atoms with Crippen LogP contribution in [-0.2, 0) is 4.79 Å². The monoisotopic (exact) mass is 498 g/mol. The number of phenolic OH excluding ortho intramolecular Hbond substituents is 1. The summed E-state index contributed by atoms with van der Waals surface area (Å²) >= 11 is 0. The predicted octanol–water partition coefficient (Wildman–Crippen LogP) is 2.23. The molecule has 1 amide bonds. The number of phenols is 1. The Morgan fingerprint density at radius 2 is 1.58 bits per heavy atom. The van der Waals surface area contributed by atoms with E-state index in [4.69, 9.17) is 23.7 Å². The van der Waals surface area contributed by atoms with Crippen LogP contribution in [-0.4, -0.2) is 93.9 Å². The summed E-state index contributed by atoms with van der Waals surface area (Å²) in [5.74, 6) is 1.71. The highest BCUT2D eigenvalue weighted by atomic mass is 16.6. The number of hydrogen-bond acceptors (Lipinski definition) is 9. The number of ether oxygens (including phenoxy) is 5. The number of Topliss-reactive ketones (excluding diaryl/α,β-unsaturated/α-hetero) is 1. The quantitative estimate of drug-likeness (QED) is 0.433. The highest BCUT2D eigenvalue weighted by molar-refractivity contribution is 6.01. The number of carbonyl (C=O) groups is 2. The molecule has 2 aromatic carbocycles. The molecule has 0 spiro atoms. The summed E-state index contributed by atoms with van der Waals surface area (Å²) in [7, 11) is 4.61. The summed E-state index contributed by atoms with van der Waals surface area (Å²) in [5.41, 5.74) is 1.12. The number of carbonyl (C=O) groups excluding carboxylic acids is 2. The molecule has 36 heavy (non-hydrogen) atoms. The minimum absolute atomic E-state index is 0.0482. The smallest absolute Gasteiger partial charge is 0.246 e. The fraction of sp³-hybridized carbons (Fsp3) is 0.385. The number of ketones is 1. The van der Waals surface area contributed by atoms with Crippen molar-refractivity contribution < 1.29 is 38.4 Å². The summed E-state index contributed by atoms with van der Waals surface area (Å²) in [6.45, 7) is 2.95. The lowest BCUT2D eigenvalue weighted by Crippen LogP contribution is -2.49. The van der Waals surface area contributed by atoms with Gasteiger partial charge in [0, 0.05) is 32.3 Å². The largest absolute Gasteiger partial charge is 0.504 e. The molecule has 4 rings (SSSR count). The first-order valence-corrected chi connectivity index (χ1v) is 11.6. The van der Waals surface area contributed by atoms with Gasteiger partial charge in [0.15, 0.2) is 28.8 Å². The molecular weight excluding hydrogens is 468 g/mol. The second kappa shape index (κ2) is 11.2. The van der Waals surface area contributed by atoms with Gasteiger partial charge in [0.1, 0.15) is 13.2 Å². The molecule has 1 saturated heterocycles. The fourth-order valence-electron chi connectivity index (χ4n) is 4.23. The van der Waals surface area contributed by atoms with Crippen LogP contribution in [0.4, 0.5) is 0 Å². The molecule has 0 atom stereocenters. The molecule has 0 aliphatic carbocycles. The summed E-state index contributed by atoms with van der Waals surface area (Å²) in [6.07, 6.45) is 3.22. The van der Waals surface area contributed by atoms with Gasteiger partial charge in [0.05, 0.1) is 33.4 Å². The van der Waals surface area contributed by atoms with Crippen LogP contribution in [0.25, 0.3) is 6.08 Å². The Morgan fingerprint density at radius 1 is 0.944 bits per heavy atom. The summed E-state index contributed by atoms with van der Waals surface area (Å²) in [4.78, 5) is 29.4. The molecule has 0 saturated carbocycles. The zero-order valence-corrected chi connectivity index (χ0v) is 20.6. The van der Waals surface area contributed by atoms with Crippen LogP contribution in [0, 0.1) is 0 Å². The average Bonchev–Trinajstić information content (AvgIpc) is 2.91. The summed E-state index contributed by atoms with van der Waals surface area (Å²) in [5, 5.41) is 9.97. The molecule has 2 heterocycles. The molecule has 2 aliphatic heterocycles. The second-order valence-corrected chi connectivity index (χ2v) is 8.30. The first-order valence-electron chi connectivity index (χ1n) is 11.6. The summed E-state index contributed by atoms with van der Waals surface area (Å²) < 4.78 is 27.1. The number of nitrogens with zero attached hydrogens (tertiary/aromatic N) is 2. The molecule has 10 heteroatoms. The molecule has 0 aromatic heterocycles. The van der Waals surface area contributed by atoms with Crippen molar-refractivity contribution in [2.45, 2.75) is 0 Å². The lowest BCUT2D eigenvalue weighted by atomic mass is 10.1. The Labute approximate surface area is 209 Å². The van der Waals surface area contributed by atoms with E-state index in [-0.39, 0.29) is 35.5 Å². The maximum absolute atomic E-state index is 12.9. The van der Waals surface area contributed by atoms with E-state index < -0.39 is 0 Å². The highest BCUT2D eigenvalue weighted by Gasteiger charge is 2.27. The second-order valence-electron chi connectivity index (χ2n) is 8.30. The molecule has 2 aromatic rings. The van der Waals surface area contributed by atoms with Gasteiger partial charge in [0.25, 0.3) is 0 Å². The van der Waals surface area contributed by atoms with E-state index in [1.807, 2.05) is 4.90 Å². The number of methoxy groups -OCH3 is 3. The molecule has 0 radical (unpaired) electrons. The van der Waals surface area contributed by atoms with Crippen LogP contribution >= 0.6 is 0 Å². The van der Waals surface area contributed by atoms with Crippen molar-refractivity contribution in [1.29, 1.82) is 0 Å². The number of rotatable bonds is 8. The topological polar surface area (TPSA) is 107 Å². The van der Waals surface area contributed by atoms with E-state index in [1.165, 1.54) is 33.5 Å². The minimum Gasteiger partial charge on any atom is -0.504 e. The maximum Gasteiger partial charge on any atom is 0.246 e. The SMILES string of the molecule is COc1cc(C=CC(=O)N2CCN(CC(=O)c3ccc(O)c4c3OCCO4)CC2)cc(OC)c1OC. The van der Waals surface area contributed by atoms with Crippen molar-refractivity contribution in [3.8, 4) is 34.5 Å². The van der Waals surface area contributed by atoms with E-state index in [9.17, 15) is 14.7 Å². The highest BCUT2D eigenvalue weighted by Crippen LogP contribution is 2.41. The maximum atomic E-state index is 12.9. The van der Waals surface area contributed by atoms with Crippen LogP contribution in [0.5, 0.6) is 34.5 Å². The Balaban J connectivity index is 1.34. The molecule has 1 N–H and O–H groups in total. The molecule has 2 aliphatic rings. The molecule has 0 unspecified atom stereocenters. The van der Waals surface area contributed by atoms with Gasteiger partial charge in [-0.25, -0.2) is 0 Å². The van der Waals surface area contributed by atoms with E-state index in [0.717, 1.165) is 5.56 Å². The van der Waals surface area contributed by atoms with Crippen molar-refractivity contribution in [1.82, 2.24) is 9.80 Å². The van der Waals surface area contributed by atoms with Gasteiger partial charge in [-0.05, 0) is 35.9 Å². The lowest BCUT2D eigenvalue weighted by molar-refractivity contribution is -0.127. The first kappa shape index (κ1) is 25.2. The van der Waals surface area contributed by atoms with Gasteiger partial charge in [-0.15, -0.1) is 0 Å². The zero-order valence-electron chi connectivity index (χ0n) is 20.6. The van der Waals surface area contributed by atoms with Crippen LogP contribution < -0.4 is 23.7 Å². The molecule has 0 bridgehead atoms. The van der Waals surface area contributed by atoms with Crippen molar-refractivity contribution in [2.75, 3.05) is 67.3 Å². The van der Waals surface area contributed by atoms with E-state index in [0.29, 0.717) is 62.2 Å². The normalized spacial score (nSPS) is 15.6. The standard InChI is InChI=1S/C26H30N2O8/c1-32-21-14-17(15-22(33-2)26(21)34-3)4-7-23(31)28-10-8-27(9-11-28)16-20(30)18-5-6-19(29)25-24(18)35-12-13-36-25/h4-7,14-15,29H,8-13,16H2,1-3H3. The van der Waals surface area contributed by atoms with Gasteiger partial charge < -0.3 is 33.7 Å². The van der Waals surface area contributed by atoms with Crippen molar-refractivity contribution in [2.24, 2.45) is 0 Å². The van der Waals surface area contributed by atoms with Gasteiger partial charge in [-0.2, -0.15) is 0 Å². The zero-order chi connectivity index (χ0) is 25.7. The third-order valence-corrected chi connectivity index (χ3v) is 6.12. The number of amides is 1. The third-order valence-electron chi connectivity index (χ3n) is 6.12. The van der Waals surface area contributed by atoms with Gasteiger partial charge in [0.2, 0.25) is 17.4 Å². The van der Waals surface area contributed by atoms with Crippen LogP contribution in [0.15, 0.2) is 30.3 Å². The fourth-order valence-corrected chi connectivity index (χ4v) is 4.23. The molecule has 192 valence electrons. The average molecular weight is 499 g/mol. The lowest BCUT2D eigenvalue weighted by Gasteiger charge is -2.34. The number of aromatic hydroxyl groups is 1. The Bertz CT molecular complexity index is 1130. The molecular formula is C26H30N2O8. The Hall–Kier alpha value is -3.92. The Kier molecular flexibility index (Phi) is 7.84. The predicted molar refractivity (Wildman–Crippen MR) is 132 cm³/mol. The molecule has 1 fully saturated rings. The van der Waals surface area contributed by atoms with E-state index in [1.54, 1.807) is 29.2 Å². The van der Waals surface area contributed by atoms with Crippen LogP contribution in [0.3, 0.4) is 0 Å². The van der Waals surface area contributed by atoms with Gasteiger partial charge in [-0.3, -0.25) is 14.5 Å². The van der Waals surface area contributed by atoms with Gasteiger partial charge in [-0.1, -0.05) is 0 Å². The van der Waals surface area contributed by atoms with Crippen LogP contribution in [0.1, 0.15) is 15.9 Å². The summed E-state index contributed by atoms with van der Waals surface area (Å²) in [6, 6.07) is 6.54. The van der Waals surface area contributed by atoms with Crippen molar-refractivity contribution in [3.05, 3.63) is 41.5 Å². The Morgan fingerprint density at radius 3 is 2.19 bits per heavy atom. The number of benzene rings is 2. The minimum atomic E-state index is -0.126. The first-order chi connectivity index (χ1) is 17.4. The van der Waals surface area contributed by atoms with Crippen molar-refractivity contribution in [3.63, 3.8) is 0 Å². The van der Waals surface area contributed by atoms with E-state index in [2.05, 4.69) is 0 Å².